The zero-order valence-electron chi connectivity index (χ0n) is 7.10. The second kappa shape index (κ2) is 2.85. The zero-order valence-corrected chi connectivity index (χ0v) is 7.10. The van der Waals surface area contributed by atoms with Crippen LogP contribution in [0.2, 0.25) is 0 Å². The highest BCUT2D eigenvalue weighted by molar-refractivity contribution is 5.35. The van der Waals surface area contributed by atoms with E-state index < -0.39 is 23.3 Å². The van der Waals surface area contributed by atoms with Crippen LogP contribution in [0.25, 0.3) is 0 Å². The Bertz CT molecular complexity index is 263. The van der Waals surface area contributed by atoms with E-state index in [1.807, 2.05) is 0 Å². The fourth-order valence-electron chi connectivity index (χ4n) is 0.998. The van der Waals surface area contributed by atoms with Gasteiger partial charge in [0.2, 0.25) is 0 Å². The van der Waals surface area contributed by atoms with Crippen LogP contribution in [0.15, 0.2) is 23.8 Å². The molecule has 13 heavy (non-hydrogen) atoms. The van der Waals surface area contributed by atoms with E-state index in [2.05, 4.69) is 0 Å². The molecule has 0 saturated carbocycles. The Morgan fingerprint density at radius 1 is 1.46 bits per heavy atom. The topological polar surface area (TPSA) is 52.0 Å². The van der Waals surface area contributed by atoms with E-state index in [1.54, 1.807) is 6.92 Å². The van der Waals surface area contributed by atoms with E-state index in [0.717, 1.165) is 12.2 Å². The second-order valence-corrected chi connectivity index (χ2v) is 3.34. The number of halogens is 3. The van der Waals surface area contributed by atoms with Gasteiger partial charge in [0.25, 0.3) is 0 Å². The van der Waals surface area contributed by atoms with Crippen LogP contribution in [0.3, 0.4) is 0 Å². The van der Waals surface area contributed by atoms with Crippen LogP contribution < -0.4 is 11.5 Å². The highest BCUT2D eigenvalue weighted by atomic mass is 19.4. The third-order valence-corrected chi connectivity index (χ3v) is 2.03. The number of hydrogen-bond donors (Lipinski definition) is 2. The van der Waals surface area contributed by atoms with Gasteiger partial charge >= 0.3 is 6.18 Å². The van der Waals surface area contributed by atoms with Crippen molar-refractivity contribution >= 4 is 0 Å². The highest BCUT2D eigenvalue weighted by Gasteiger charge is 2.36. The van der Waals surface area contributed by atoms with E-state index in [4.69, 9.17) is 11.5 Å². The van der Waals surface area contributed by atoms with E-state index in [1.165, 1.54) is 6.08 Å². The minimum absolute atomic E-state index is 0.733. The summed E-state index contributed by atoms with van der Waals surface area (Å²) in [6.07, 6.45) is -1.16. The van der Waals surface area contributed by atoms with Crippen LogP contribution in [0, 0.1) is 0 Å². The van der Waals surface area contributed by atoms with Crippen molar-refractivity contribution in [3.63, 3.8) is 0 Å². The van der Waals surface area contributed by atoms with Crippen LogP contribution in [0.4, 0.5) is 13.2 Å². The Kier molecular flexibility index (Phi) is 2.25. The lowest BCUT2D eigenvalue weighted by Gasteiger charge is -2.30. The third-order valence-electron chi connectivity index (χ3n) is 2.03. The predicted molar refractivity (Wildman–Crippen MR) is 43.8 cm³/mol. The summed E-state index contributed by atoms with van der Waals surface area (Å²) < 4.78 is 36.5. The molecule has 1 aliphatic rings. The summed E-state index contributed by atoms with van der Waals surface area (Å²) >= 11 is 0. The van der Waals surface area contributed by atoms with Gasteiger partial charge in [-0.05, 0) is 6.92 Å². The molecule has 0 heterocycles. The largest absolute Gasteiger partial charge is 0.416 e. The van der Waals surface area contributed by atoms with E-state index in [0.29, 0.717) is 0 Å². The molecule has 1 aliphatic carbocycles. The zero-order chi connectivity index (χ0) is 10.3. The third kappa shape index (κ3) is 2.10. The van der Waals surface area contributed by atoms with Gasteiger partial charge in [-0.3, -0.25) is 0 Å². The van der Waals surface area contributed by atoms with Crippen LogP contribution in [0.1, 0.15) is 6.92 Å². The van der Waals surface area contributed by atoms with Gasteiger partial charge in [0.05, 0.1) is 11.1 Å². The molecule has 0 aromatic carbocycles. The molecule has 0 amide bonds. The molecule has 0 aliphatic heterocycles. The van der Waals surface area contributed by atoms with E-state index in [-0.39, 0.29) is 0 Å². The smallest absolute Gasteiger partial charge is 0.323 e. The standard InChI is InChI=1S/C8H11F3N2/c1-7(13)3-2-5(4-6(7)12)8(9,10)11/h2-4,6H,12-13H2,1H3. The first-order valence-corrected chi connectivity index (χ1v) is 3.76. The Labute approximate surface area is 74.1 Å². The molecule has 0 radical (unpaired) electrons. The maximum atomic E-state index is 12.2. The van der Waals surface area contributed by atoms with Crippen LogP contribution in [0.5, 0.6) is 0 Å². The van der Waals surface area contributed by atoms with Crippen molar-refractivity contribution in [3.8, 4) is 0 Å². The Morgan fingerprint density at radius 2 is 2.00 bits per heavy atom. The first-order chi connectivity index (χ1) is 5.73. The maximum absolute atomic E-state index is 12.2. The summed E-state index contributed by atoms with van der Waals surface area (Å²) in [6, 6.07) is -0.797. The van der Waals surface area contributed by atoms with Crippen molar-refractivity contribution in [2.75, 3.05) is 0 Å². The molecule has 0 spiro atoms. The SMILES string of the molecule is CC1(N)C=CC(C(F)(F)F)=CC1N. The number of alkyl halides is 3. The summed E-state index contributed by atoms with van der Waals surface area (Å²) in [5.41, 5.74) is 9.42. The molecule has 1 rings (SSSR count). The molecule has 2 atom stereocenters. The first-order valence-electron chi connectivity index (χ1n) is 3.76. The van der Waals surface area contributed by atoms with Crippen LogP contribution in [-0.2, 0) is 0 Å². The minimum atomic E-state index is -4.34. The summed E-state index contributed by atoms with van der Waals surface area (Å²) in [5, 5.41) is 0. The van der Waals surface area contributed by atoms with E-state index in [9.17, 15) is 13.2 Å². The highest BCUT2D eigenvalue weighted by Crippen LogP contribution is 2.30. The fraction of sp³-hybridized carbons (Fsp3) is 0.500. The van der Waals surface area contributed by atoms with Gasteiger partial charge in [-0.1, -0.05) is 18.2 Å². The molecule has 0 saturated heterocycles. The average molecular weight is 192 g/mol. The number of nitrogens with two attached hydrogens (primary N) is 2. The van der Waals surface area contributed by atoms with Gasteiger partial charge in [-0.25, -0.2) is 0 Å². The molecule has 0 bridgehead atoms. The summed E-state index contributed by atoms with van der Waals surface area (Å²) in [4.78, 5) is 0. The fourth-order valence-corrected chi connectivity index (χ4v) is 0.998. The minimum Gasteiger partial charge on any atom is -0.323 e. The van der Waals surface area contributed by atoms with Crippen molar-refractivity contribution < 1.29 is 13.2 Å². The van der Waals surface area contributed by atoms with Crippen LogP contribution in [-0.4, -0.2) is 17.8 Å². The van der Waals surface area contributed by atoms with Gasteiger partial charge < -0.3 is 11.5 Å². The number of allylic oxidation sites excluding steroid dienone is 2. The average Bonchev–Trinajstić information content (AvgIpc) is 1.92. The van der Waals surface area contributed by atoms with Gasteiger partial charge in [-0.15, -0.1) is 0 Å². The predicted octanol–water partition coefficient (Wildman–Crippen LogP) is 1.09. The number of rotatable bonds is 0. The maximum Gasteiger partial charge on any atom is 0.416 e. The first kappa shape index (κ1) is 10.3. The monoisotopic (exact) mass is 192 g/mol. The second-order valence-electron chi connectivity index (χ2n) is 3.34. The molecular formula is C8H11F3N2. The summed E-state index contributed by atoms with van der Waals surface area (Å²) in [5.74, 6) is 0. The lowest BCUT2D eigenvalue weighted by atomic mass is 9.87. The van der Waals surface area contributed by atoms with Crippen molar-refractivity contribution in [1.29, 1.82) is 0 Å². The normalized spacial score (nSPS) is 34.6. The molecule has 4 N–H and O–H groups in total. The van der Waals surface area contributed by atoms with Crippen molar-refractivity contribution in [2.45, 2.75) is 24.7 Å². The Morgan fingerprint density at radius 3 is 2.38 bits per heavy atom. The molecule has 0 aromatic heterocycles. The molecule has 74 valence electrons. The van der Waals surface area contributed by atoms with Crippen molar-refractivity contribution in [2.24, 2.45) is 11.5 Å². The summed E-state index contributed by atoms with van der Waals surface area (Å²) in [7, 11) is 0. The lowest BCUT2D eigenvalue weighted by Crippen LogP contribution is -2.52. The molecule has 0 fully saturated rings. The van der Waals surface area contributed by atoms with Gasteiger partial charge in [0.15, 0.2) is 0 Å². The van der Waals surface area contributed by atoms with E-state index >= 15 is 0 Å². The molecule has 0 aromatic rings. The molecule has 2 nitrogen and oxygen atoms in total. The van der Waals surface area contributed by atoms with Gasteiger partial charge in [0.1, 0.15) is 0 Å². The molecule has 2 unspecified atom stereocenters. The molecular weight excluding hydrogens is 181 g/mol. The van der Waals surface area contributed by atoms with Crippen molar-refractivity contribution in [1.82, 2.24) is 0 Å². The Balaban J connectivity index is 2.93. The summed E-state index contributed by atoms with van der Waals surface area (Å²) in [6.45, 7) is 1.58. The molecule has 5 heteroatoms. The van der Waals surface area contributed by atoms with Crippen LogP contribution >= 0.6 is 0 Å². The van der Waals surface area contributed by atoms with Gasteiger partial charge in [0, 0.05) is 6.04 Å². The lowest BCUT2D eigenvalue weighted by molar-refractivity contribution is -0.0888. The Hall–Kier alpha value is -0.810. The van der Waals surface area contributed by atoms with Crippen molar-refractivity contribution in [3.05, 3.63) is 23.8 Å². The quantitative estimate of drug-likeness (QED) is 0.603. The number of hydrogen-bond acceptors (Lipinski definition) is 2. The van der Waals surface area contributed by atoms with Gasteiger partial charge in [-0.2, -0.15) is 13.2 Å².